The van der Waals surface area contributed by atoms with Gasteiger partial charge in [-0.2, -0.15) is 0 Å². The molecular weight excluding hydrogens is 505 g/mol. The molecule has 3 rings (SSSR count). The molecule has 1 aromatic rings. The summed E-state index contributed by atoms with van der Waals surface area (Å²) in [5.41, 5.74) is 3.47. The Balaban J connectivity index is 0.00000408. The van der Waals surface area contributed by atoms with Gasteiger partial charge >= 0.3 is 29.6 Å². The number of aryl methyl sites for hydroxylation is 1. The van der Waals surface area contributed by atoms with Crippen LogP contribution < -0.4 is 34.3 Å². The first-order valence-electron chi connectivity index (χ1n) is 10.7. The van der Waals surface area contributed by atoms with Gasteiger partial charge in [-0.1, -0.05) is 56.1 Å². The van der Waals surface area contributed by atoms with Crippen molar-refractivity contribution in [1.82, 2.24) is 0 Å². The molecule has 0 bridgehead atoms. The molecule has 0 spiro atoms. The third-order valence-corrected chi connectivity index (χ3v) is 8.01. The monoisotopic (exact) mass is 531 g/mol. The molecule has 178 valence electrons. The number of sulfonamides is 1. The molecular formula is C24H27ClNNaO5S2. The Labute approximate surface area is 229 Å². The van der Waals surface area contributed by atoms with Crippen LogP contribution in [0.3, 0.4) is 0 Å². The van der Waals surface area contributed by atoms with E-state index in [2.05, 4.69) is 4.72 Å². The average molecular weight is 532 g/mol. The molecule has 1 aromatic carbocycles. The molecule has 6 nitrogen and oxygen atoms in total. The number of unbranched alkanes of at least 4 members (excludes halogenated alkanes) is 2. The SMILES string of the molecule is CC(C)c1ccc2c(CCCCCS(=O)(=O)Nc3ccc(Cl)cc3)cc(S(=O)(=O)[O-])c-2cc1.[Na+]. The van der Waals surface area contributed by atoms with Gasteiger partial charge in [0, 0.05) is 10.7 Å². The summed E-state index contributed by atoms with van der Waals surface area (Å²) in [6, 6.07) is 15.3. The van der Waals surface area contributed by atoms with E-state index in [1.54, 1.807) is 30.3 Å². The molecule has 0 saturated heterocycles. The van der Waals surface area contributed by atoms with Gasteiger partial charge in [-0.15, -0.1) is 0 Å². The Morgan fingerprint density at radius 1 is 0.882 bits per heavy atom. The first-order valence-corrected chi connectivity index (χ1v) is 14.2. The Hall–Kier alpha value is -1.13. The maximum Gasteiger partial charge on any atom is 1.00 e. The summed E-state index contributed by atoms with van der Waals surface area (Å²) in [6.07, 6.45) is 2.32. The summed E-state index contributed by atoms with van der Waals surface area (Å²) in [5.74, 6) is 0.241. The van der Waals surface area contributed by atoms with Crippen LogP contribution in [0, 0.1) is 0 Å². The second-order valence-electron chi connectivity index (χ2n) is 8.38. The molecule has 0 aliphatic heterocycles. The first kappa shape index (κ1) is 29.1. The van der Waals surface area contributed by atoms with E-state index in [9.17, 15) is 21.4 Å². The maximum atomic E-state index is 12.3. The number of anilines is 1. The summed E-state index contributed by atoms with van der Waals surface area (Å²) in [6.45, 7) is 4.09. The number of benzene rings is 1. The predicted octanol–water partition coefficient (Wildman–Crippen LogP) is 2.63. The molecule has 0 fully saturated rings. The van der Waals surface area contributed by atoms with Crippen molar-refractivity contribution in [3.8, 4) is 11.1 Å². The van der Waals surface area contributed by atoms with E-state index in [1.807, 2.05) is 32.0 Å². The number of nitrogens with one attached hydrogen (secondary N) is 1. The van der Waals surface area contributed by atoms with Gasteiger partial charge in [0.2, 0.25) is 10.0 Å². The normalized spacial score (nSPS) is 12.0. The molecule has 0 amide bonds. The molecule has 0 heterocycles. The fraction of sp³-hybridized carbons (Fsp3) is 0.333. The largest absolute Gasteiger partial charge is 1.00 e. The molecule has 0 radical (unpaired) electrons. The van der Waals surface area contributed by atoms with Crippen LogP contribution in [0.15, 0.2) is 59.5 Å². The van der Waals surface area contributed by atoms with Crippen molar-refractivity contribution in [3.05, 3.63) is 70.7 Å². The van der Waals surface area contributed by atoms with Gasteiger partial charge in [0.25, 0.3) is 0 Å². The zero-order chi connectivity index (χ0) is 24.2. The van der Waals surface area contributed by atoms with Crippen LogP contribution in [0.2, 0.25) is 5.02 Å². The predicted molar refractivity (Wildman–Crippen MR) is 132 cm³/mol. The Kier molecular flexibility index (Phi) is 10.5. The van der Waals surface area contributed by atoms with Crippen LogP contribution in [0.5, 0.6) is 0 Å². The molecule has 0 aromatic heterocycles. The van der Waals surface area contributed by atoms with Crippen molar-refractivity contribution < 1.29 is 50.9 Å². The van der Waals surface area contributed by atoms with Crippen LogP contribution in [0.4, 0.5) is 5.69 Å². The fourth-order valence-corrected chi connectivity index (χ4v) is 5.78. The average Bonchev–Trinajstić information content (AvgIpc) is 2.92. The van der Waals surface area contributed by atoms with Crippen molar-refractivity contribution in [2.75, 3.05) is 10.5 Å². The van der Waals surface area contributed by atoms with Crippen LogP contribution >= 0.6 is 11.6 Å². The van der Waals surface area contributed by atoms with Crippen LogP contribution in [0.1, 0.15) is 50.2 Å². The van der Waals surface area contributed by atoms with Crippen molar-refractivity contribution in [3.63, 3.8) is 0 Å². The second-order valence-corrected chi connectivity index (χ2v) is 12.0. The molecule has 2 aliphatic rings. The molecule has 0 saturated carbocycles. The Bertz CT molecular complexity index is 1290. The van der Waals surface area contributed by atoms with Crippen molar-refractivity contribution in [1.29, 1.82) is 0 Å². The van der Waals surface area contributed by atoms with E-state index in [4.69, 9.17) is 11.6 Å². The van der Waals surface area contributed by atoms with E-state index in [1.165, 1.54) is 6.07 Å². The number of fused-ring (bicyclic) bond motifs is 1. The summed E-state index contributed by atoms with van der Waals surface area (Å²) in [7, 11) is -8.08. The fourth-order valence-electron chi connectivity index (χ4n) is 3.73. The van der Waals surface area contributed by atoms with Crippen molar-refractivity contribution >= 4 is 37.4 Å². The minimum atomic E-state index is -4.60. The van der Waals surface area contributed by atoms with Gasteiger partial charge in [-0.3, -0.25) is 4.72 Å². The van der Waals surface area contributed by atoms with Crippen molar-refractivity contribution in [2.45, 2.75) is 50.3 Å². The van der Waals surface area contributed by atoms with E-state index in [0.717, 1.165) is 16.7 Å². The van der Waals surface area contributed by atoms with E-state index >= 15 is 0 Å². The van der Waals surface area contributed by atoms with E-state index in [0.29, 0.717) is 42.0 Å². The summed E-state index contributed by atoms with van der Waals surface area (Å²) >= 11 is 5.82. The van der Waals surface area contributed by atoms with Gasteiger partial charge in [0.1, 0.15) is 10.1 Å². The first-order chi connectivity index (χ1) is 15.5. The second kappa shape index (κ2) is 12.2. The third-order valence-electron chi connectivity index (χ3n) is 5.50. The summed E-state index contributed by atoms with van der Waals surface area (Å²) in [4.78, 5) is -0.201. The molecule has 10 heteroatoms. The molecule has 2 aliphatic carbocycles. The van der Waals surface area contributed by atoms with E-state index in [-0.39, 0.29) is 46.1 Å². The summed E-state index contributed by atoms with van der Waals surface area (Å²) < 4.78 is 62.5. The minimum absolute atomic E-state index is 0. The van der Waals surface area contributed by atoms with E-state index < -0.39 is 20.1 Å². The molecule has 0 atom stereocenters. The summed E-state index contributed by atoms with van der Waals surface area (Å²) in [5, 5.41) is 0.528. The van der Waals surface area contributed by atoms with Crippen LogP contribution in [-0.2, 0) is 26.6 Å². The van der Waals surface area contributed by atoms with Gasteiger partial charge in [0.15, 0.2) is 0 Å². The number of hydrogen-bond donors (Lipinski definition) is 1. The Morgan fingerprint density at radius 2 is 1.50 bits per heavy atom. The zero-order valence-electron chi connectivity index (χ0n) is 19.5. The van der Waals surface area contributed by atoms with Crippen LogP contribution in [0.25, 0.3) is 11.1 Å². The van der Waals surface area contributed by atoms with Gasteiger partial charge in [0.05, 0.1) is 10.6 Å². The molecule has 1 N–H and O–H groups in total. The quantitative estimate of drug-likeness (QED) is 0.246. The standard InChI is InChI=1S/C24H28ClNO5S2.Na/c1-17(2)18-7-13-22-19(16-24(33(29,30)31)23(22)14-8-18)6-4-3-5-15-32(27,28)26-21-11-9-20(25)10-12-21;/h7-14,16-17,26H,3-6,15H2,1-2H3,(H,29,30,31);/q;+1/p-1. The third kappa shape index (κ3) is 7.95. The minimum Gasteiger partial charge on any atom is -0.744 e. The number of hydrogen-bond acceptors (Lipinski definition) is 5. The zero-order valence-corrected chi connectivity index (χ0v) is 23.9. The molecule has 34 heavy (non-hydrogen) atoms. The maximum absolute atomic E-state index is 12.3. The molecule has 0 unspecified atom stereocenters. The van der Waals surface area contributed by atoms with Crippen LogP contribution in [-0.4, -0.2) is 27.1 Å². The smallest absolute Gasteiger partial charge is 0.744 e. The number of rotatable bonds is 10. The number of halogens is 1. The van der Waals surface area contributed by atoms with Crippen molar-refractivity contribution in [2.24, 2.45) is 0 Å². The van der Waals surface area contributed by atoms with Gasteiger partial charge < -0.3 is 4.55 Å². The Morgan fingerprint density at radius 3 is 2.09 bits per heavy atom. The van der Waals surface area contributed by atoms with Gasteiger partial charge in [-0.05, 0) is 77.8 Å². The van der Waals surface area contributed by atoms with Gasteiger partial charge in [-0.25, -0.2) is 16.8 Å². The topological polar surface area (TPSA) is 103 Å².